The van der Waals surface area contributed by atoms with Gasteiger partial charge in [0.25, 0.3) is 0 Å². The van der Waals surface area contributed by atoms with E-state index in [0.717, 1.165) is 44.9 Å². The highest BCUT2D eigenvalue weighted by Crippen LogP contribution is 2.39. The van der Waals surface area contributed by atoms with Gasteiger partial charge in [-0.3, -0.25) is 9.59 Å². The number of methoxy groups -OCH3 is 2. The summed E-state index contributed by atoms with van der Waals surface area (Å²) in [6.45, 7) is 2.13. The minimum atomic E-state index is -0.627. The first-order valence-corrected chi connectivity index (χ1v) is 13.4. The van der Waals surface area contributed by atoms with Crippen molar-refractivity contribution in [1.29, 1.82) is 0 Å². The Kier molecular flexibility index (Phi) is 11.0. The van der Waals surface area contributed by atoms with Crippen molar-refractivity contribution >= 4 is 34.0 Å². The van der Waals surface area contributed by atoms with Crippen LogP contribution in [0, 0.1) is 0 Å². The van der Waals surface area contributed by atoms with E-state index in [0.29, 0.717) is 12.2 Å². The fraction of sp³-hybridized carbons (Fsp3) is 0.467. The summed E-state index contributed by atoms with van der Waals surface area (Å²) >= 11 is 0. The van der Waals surface area contributed by atoms with Crippen LogP contribution in [0.5, 0.6) is 23.0 Å². The molecule has 0 aliphatic rings. The molecule has 1 atom stereocenters. The number of aliphatic hydroxyl groups excluding tert-OH is 1. The van der Waals surface area contributed by atoms with E-state index in [4.69, 9.17) is 18.6 Å². The largest absolute Gasteiger partial charge is 0.507 e. The van der Waals surface area contributed by atoms with Crippen molar-refractivity contribution in [2.24, 2.45) is 0 Å². The highest BCUT2D eigenvalue weighted by atomic mass is 16.5. The Morgan fingerprint density at radius 1 is 1.00 bits per heavy atom. The topological polar surface area (TPSA) is 136 Å². The van der Waals surface area contributed by atoms with Crippen LogP contribution in [0.3, 0.4) is 0 Å². The predicted molar refractivity (Wildman–Crippen MR) is 150 cm³/mol. The maximum Gasteiger partial charge on any atom is 0.306 e. The van der Waals surface area contributed by atoms with Crippen LogP contribution in [0.1, 0.15) is 70.3 Å². The van der Waals surface area contributed by atoms with Crippen LogP contribution in [0.15, 0.2) is 33.5 Å². The van der Waals surface area contributed by atoms with Gasteiger partial charge >= 0.3 is 5.97 Å². The first-order valence-electron chi connectivity index (χ1n) is 13.4. The number of phenolic OH excluding ortho intramolecular Hbond substituents is 2. The molecule has 3 aromatic rings. The molecular formula is C30H38O9. The fourth-order valence-electron chi connectivity index (χ4n) is 4.47. The third-order valence-electron chi connectivity index (χ3n) is 6.62. The minimum absolute atomic E-state index is 0.0122. The zero-order valence-electron chi connectivity index (χ0n) is 22.8. The number of phenols is 2. The Balaban J connectivity index is 1.62. The second-order valence-electron chi connectivity index (χ2n) is 9.51. The zero-order chi connectivity index (χ0) is 28.4. The van der Waals surface area contributed by atoms with Crippen LogP contribution in [0.4, 0.5) is 0 Å². The lowest BCUT2D eigenvalue weighted by molar-refractivity contribution is -0.142. The maximum atomic E-state index is 13.2. The SMILES string of the molecule is CCCCC[C@H](O)CCCCCC(=O)OC/C=C/c1cc(OC)c2oc3cc(OC)cc(O)c3c(=O)c2c1O. The molecule has 0 saturated heterocycles. The van der Waals surface area contributed by atoms with E-state index in [9.17, 15) is 24.9 Å². The van der Waals surface area contributed by atoms with E-state index in [2.05, 4.69) is 6.92 Å². The van der Waals surface area contributed by atoms with Gasteiger partial charge in [-0.15, -0.1) is 0 Å². The molecule has 9 heteroatoms. The van der Waals surface area contributed by atoms with Gasteiger partial charge in [-0.25, -0.2) is 0 Å². The van der Waals surface area contributed by atoms with Gasteiger partial charge in [-0.1, -0.05) is 45.1 Å². The lowest BCUT2D eigenvalue weighted by Gasteiger charge is -2.11. The average molecular weight is 543 g/mol. The van der Waals surface area contributed by atoms with Crippen LogP contribution in [-0.2, 0) is 9.53 Å². The molecule has 0 aliphatic carbocycles. The molecule has 212 valence electrons. The second kappa shape index (κ2) is 14.4. The summed E-state index contributed by atoms with van der Waals surface area (Å²) in [7, 11) is 2.83. The molecule has 0 radical (unpaired) electrons. The van der Waals surface area contributed by atoms with Gasteiger partial charge in [-0.05, 0) is 31.4 Å². The van der Waals surface area contributed by atoms with Gasteiger partial charge in [0.2, 0.25) is 5.43 Å². The molecule has 39 heavy (non-hydrogen) atoms. The van der Waals surface area contributed by atoms with Crippen molar-refractivity contribution in [3.8, 4) is 23.0 Å². The normalized spacial score (nSPS) is 12.3. The van der Waals surface area contributed by atoms with Crippen molar-refractivity contribution in [1.82, 2.24) is 0 Å². The molecule has 0 amide bonds. The summed E-state index contributed by atoms with van der Waals surface area (Å²) in [6, 6.07) is 4.25. The molecule has 0 saturated carbocycles. The number of ether oxygens (including phenoxy) is 3. The molecule has 1 aromatic heterocycles. The number of aliphatic hydroxyl groups is 1. The number of carbonyl (C=O) groups is 1. The number of carbonyl (C=O) groups excluding carboxylic acids is 1. The maximum absolute atomic E-state index is 13.2. The molecule has 0 fully saturated rings. The van der Waals surface area contributed by atoms with Crippen LogP contribution in [0.25, 0.3) is 28.0 Å². The number of hydrogen-bond acceptors (Lipinski definition) is 9. The monoisotopic (exact) mass is 542 g/mol. The number of hydrogen-bond donors (Lipinski definition) is 3. The number of rotatable bonds is 15. The van der Waals surface area contributed by atoms with Gasteiger partial charge in [0.05, 0.1) is 20.3 Å². The Hall–Kier alpha value is -3.72. The Morgan fingerprint density at radius 2 is 1.74 bits per heavy atom. The molecule has 1 heterocycles. The smallest absolute Gasteiger partial charge is 0.306 e. The highest BCUT2D eigenvalue weighted by molar-refractivity contribution is 6.00. The Morgan fingerprint density at radius 3 is 2.44 bits per heavy atom. The van der Waals surface area contributed by atoms with E-state index in [1.54, 1.807) is 6.08 Å². The van der Waals surface area contributed by atoms with Crippen LogP contribution < -0.4 is 14.9 Å². The molecule has 9 nitrogen and oxygen atoms in total. The molecule has 0 unspecified atom stereocenters. The summed E-state index contributed by atoms with van der Waals surface area (Å²) in [5, 5.41) is 31.0. The third-order valence-corrected chi connectivity index (χ3v) is 6.62. The number of benzene rings is 2. The number of fused-ring (bicyclic) bond motifs is 2. The van der Waals surface area contributed by atoms with Crippen molar-refractivity contribution in [2.45, 2.75) is 70.8 Å². The van der Waals surface area contributed by atoms with Crippen LogP contribution in [-0.4, -0.2) is 48.2 Å². The van der Waals surface area contributed by atoms with Crippen LogP contribution in [0.2, 0.25) is 0 Å². The standard InChI is InChI=1S/C30H38O9/c1-4-5-7-12-20(31)13-8-6-9-14-25(33)38-15-10-11-19-16-24(37-3)30-27(28(19)34)29(35)26-22(32)17-21(36-2)18-23(26)39-30/h10-11,16-18,20,31-32,34H,4-9,12-15H2,1-3H3/b11-10+/t20-/m0/s1. The summed E-state index contributed by atoms with van der Waals surface area (Å²) in [6.07, 6.45) is 10.4. The van der Waals surface area contributed by atoms with Crippen molar-refractivity contribution in [3.63, 3.8) is 0 Å². The number of aromatic hydroxyl groups is 2. The predicted octanol–water partition coefficient (Wildman–Crippen LogP) is 5.82. The van der Waals surface area contributed by atoms with Crippen molar-refractivity contribution < 1.29 is 38.7 Å². The molecule has 3 rings (SSSR count). The first kappa shape index (κ1) is 29.8. The number of unbranched alkanes of at least 4 members (excludes halogenated alkanes) is 4. The van der Waals surface area contributed by atoms with E-state index >= 15 is 0 Å². The van der Waals surface area contributed by atoms with E-state index in [1.165, 1.54) is 38.5 Å². The van der Waals surface area contributed by atoms with Crippen molar-refractivity contribution in [2.75, 3.05) is 20.8 Å². The summed E-state index contributed by atoms with van der Waals surface area (Å²) in [4.78, 5) is 25.3. The summed E-state index contributed by atoms with van der Waals surface area (Å²) in [5.41, 5.74) is -0.262. The van der Waals surface area contributed by atoms with Gasteiger partial charge < -0.3 is 33.9 Å². The van der Waals surface area contributed by atoms with Crippen molar-refractivity contribution in [3.05, 3.63) is 40.1 Å². The molecule has 0 aliphatic heterocycles. The third kappa shape index (κ3) is 7.66. The lowest BCUT2D eigenvalue weighted by atomic mass is 10.0. The summed E-state index contributed by atoms with van der Waals surface area (Å²) in [5.74, 6) is -0.514. The molecule has 0 bridgehead atoms. The lowest BCUT2D eigenvalue weighted by Crippen LogP contribution is -2.07. The zero-order valence-corrected chi connectivity index (χ0v) is 22.8. The van der Waals surface area contributed by atoms with Gasteiger partial charge in [0, 0.05) is 24.1 Å². The second-order valence-corrected chi connectivity index (χ2v) is 9.51. The fourth-order valence-corrected chi connectivity index (χ4v) is 4.47. The average Bonchev–Trinajstić information content (AvgIpc) is 2.91. The molecule has 2 aromatic carbocycles. The first-order chi connectivity index (χ1) is 18.8. The summed E-state index contributed by atoms with van der Waals surface area (Å²) < 4.78 is 21.6. The van der Waals surface area contributed by atoms with Gasteiger partial charge in [-0.2, -0.15) is 0 Å². The molecule has 3 N–H and O–H groups in total. The van der Waals surface area contributed by atoms with Crippen LogP contribution >= 0.6 is 0 Å². The minimum Gasteiger partial charge on any atom is -0.507 e. The van der Waals surface area contributed by atoms with E-state index in [-0.39, 0.29) is 69.9 Å². The quantitative estimate of drug-likeness (QED) is 0.123. The Bertz CT molecular complexity index is 1360. The van der Waals surface area contributed by atoms with Gasteiger partial charge in [0.15, 0.2) is 11.3 Å². The number of esters is 1. The molecule has 0 spiro atoms. The van der Waals surface area contributed by atoms with E-state index in [1.807, 2.05) is 0 Å². The van der Waals surface area contributed by atoms with Gasteiger partial charge in [0.1, 0.15) is 40.2 Å². The Labute approximate surface area is 227 Å². The molecular weight excluding hydrogens is 504 g/mol. The highest BCUT2D eigenvalue weighted by Gasteiger charge is 2.21. The van der Waals surface area contributed by atoms with E-state index < -0.39 is 5.43 Å².